The molecule has 0 aromatic carbocycles. The van der Waals surface area contributed by atoms with E-state index in [0.29, 0.717) is 12.8 Å². The Hall–Kier alpha value is -1.59. The Bertz CT molecular complexity index is 1230. The fourth-order valence-electron chi connectivity index (χ4n) is 8.81. The van der Waals surface area contributed by atoms with Crippen molar-refractivity contribution in [3.8, 4) is 0 Å². The van der Waals surface area contributed by atoms with Gasteiger partial charge in [0.2, 0.25) is 6.29 Å². The molecule has 5 aliphatic heterocycles. The molecule has 2 aliphatic carbocycles. The Kier molecular flexibility index (Phi) is 10.0. The largest absolute Gasteiger partial charge is 0.472 e. The fraction of sp³-hybridized carbons (Fsp3) is 0.903. The molecule has 4 saturated heterocycles. The van der Waals surface area contributed by atoms with Gasteiger partial charge < -0.3 is 83.9 Å². The minimum atomic E-state index is -1.67. The van der Waals surface area contributed by atoms with E-state index in [2.05, 4.69) is 0 Å². The van der Waals surface area contributed by atoms with E-state index in [1.165, 1.54) is 6.26 Å². The van der Waals surface area contributed by atoms with Crippen LogP contribution in [0.5, 0.6) is 0 Å². The van der Waals surface area contributed by atoms with Crippen LogP contribution < -0.4 is 0 Å². The highest BCUT2D eigenvalue weighted by Crippen LogP contribution is 2.61. The van der Waals surface area contributed by atoms with Gasteiger partial charge in [-0.25, -0.2) is 4.79 Å². The van der Waals surface area contributed by atoms with Crippen LogP contribution in [0, 0.1) is 29.6 Å². The van der Waals surface area contributed by atoms with Crippen LogP contribution in [-0.2, 0) is 42.7 Å². The van der Waals surface area contributed by atoms with E-state index in [1.807, 2.05) is 6.92 Å². The molecule has 6 fully saturated rings. The van der Waals surface area contributed by atoms with Gasteiger partial charge in [0.05, 0.1) is 44.2 Å². The normalized spacial score (nSPS) is 53.5. The quantitative estimate of drug-likeness (QED) is 0.0808. The standard InChI is InChI=1S/C31H46O18/c1-10-2-3-11-13(8-43-27(16(10)11)47-29-22(39)20(37)18(35)14(6-32)44-29)26(41)46-24-12-4-5-42-28(17(12)31(9-34)25(24)49-31)48-30-23(40)21(38)19(36)15(7-33)45-30/h8,10-12,14-25,27-30,32-40H,2-7,9H2,1H3/t10?,11?,12?,14?,15?,16?,17?,18?,19?,20?,21?,22?,23?,24-,25-,27?,28?,29?,30?,31+/m0/s1. The summed E-state index contributed by atoms with van der Waals surface area (Å²) >= 11 is 0. The molecular formula is C31H46O18. The molecule has 18 heteroatoms. The minimum Gasteiger partial charge on any atom is -0.472 e. The molecule has 0 bridgehead atoms. The molecule has 7 aliphatic rings. The Balaban J connectivity index is 1.05. The van der Waals surface area contributed by atoms with Gasteiger partial charge in [-0.2, -0.15) is 0 Å². The van der Waals surface area contributed by atoms with E-state index in [1.54, 1.807) is 0 Å². The number of fused-ring (bicyclic) bond motifs is 4. The highest BCUT2D eigenvalue weighted by Gasteiger charge is 2.77. The topological polar surface area (TPSA) is 276 Å². The van der Waals surface area contributed by atoms with E-state index in [9.17, 15) is 50.8 Å². The van der Waals surface area contributed by atoms with Crippen molar-refractivity contribution in [2.24, 2.45) is 29.6 Å². The first-order valence-electron chi connectivity index (χ1n) is 16.8. The van der Waals surface area contributed by atoms with Crippen LogP contribution in [0.15, 0.2) is 11.8 Å². The van der Waals surface area contributed by atoms with Crippen molar-refractivity contribution in [2.45, 2.75) is 118 Å². The molecule has 20 atom stereocenters. The number of epoxide rings is 1. The number of carbonyl (C=O) groups is 1. The molecule has 0 aromatic heterocycles. The molecule has 0 radical (unpaired) electrons. The van der Waals surface area contributed by atoms with Gasteiger partial charge in [-0.3, -0.25) is 0 Å². The summed E-state index contributed by atoms with van der Waals surface area (Å²) in [6.07, 6.45) is -15.6. The lowest BCUT2D eigenvalue weighted by Gasteiger charge is -2.44. The number of esters is 1. The van der Waals surface area contributed by atoms with Crippen molar-refractivity contribution in [1.82, 2.24) is 0 Å². The van der Waals surface area contributed by atoms with E-state index in [-0.39, 0.29) is 29.9 Å². The summed E-state index contributed by atoms with van der Waals surface area (Å²) in [5, 5.41) is 91.4. The average molecular weight is 707 g/mol. The Morgan fingerprint density at radius 3 is 2.02 bits per heavy atom. The number of aliphatic hydroxyl groups excluding tert-OH is 9. The lowest BCUT2D eigenvalue weighted by Crippen LogP contribution is -2.61. The molecule has 0 aromatic rings. The molecule has 278 valence electrons. The Morgan fingerprint density at radius 1 is 0.816 bits per heavy atom. The molecule has 49 heavy (non-hydrogen) atoms. The van der Waals surface area contributed by atoms with E-state index in [0.717, 1.165) is 6.42 Å². The SMILES string of the molecule is CC1CCC2C(C(=O)O[C@H]3C4CCOC(OC5OC(CO)C(O)C(O)C5O)C4[C@@]4(CO)O[C@@H]34)=COC(OC3OC(CO)C(O)C(O)C3O)C12. The zero-order valence-electron chi connectivity index (χ0n) is 26.7. The van der Waals surface area contributed by atoms with Crippen LogP contribution in [0.4, 0.5) is 0 Å². The smallest absolute Gasteiger partial charge is 0.337 e. The fourth-order valence-corrected chi connectivity index (χ4v) is 8.81. The summed E-state index contributed by atoms with van der Waals surface area (Å²) in [4.78, 5) is 13.8. The zero-order valence-corrected chi connectivity index (χ0v) is 26.7. The monoisotopic (exact) mass is 706 g/mol. The molecule has 9 N–H and O–H groups in total. The number of hydrogen-bond acceptors (Lipinski definition) is 18. The molecule has 5 heterocycles. The second-order valence-corrected chi connectivity index (χ2v) is 14.2. The molecule has 17 unspecified atom stereocenters. The van der Waals surface area contributed by atoms with Crippen LogP contribution >= 0.6 is 0 Å². The molecule has 18 nitrogen and oxygen atoms in total. The second kappa shape index (κ2) is 13.8. The van der Waals surface area contributed by atoms with Crippen LogP contribution in [0.25, 0.3) is 0 Å². The average Bonchev–Trinajstić information content (AvgIpc) is 3.62. The van der Waals surface area contributed by atoms with Crippen LogP contribution in [0.1, 0.15) is 26.2 Å². The van der Waals surface area contributed by atoms with Crippen molar-refractivity contribution in [2.75, 3.05) is 26.4 Å². The van der Waals surface area contributed by atoms with Gasteiger partial charge in [0, 0.05) is 17.8 Å². The Morgan fingerprint density at radius 2 is 1.43 bits per heavy atom. The minimum absolute atomic E-state index is 0.0110. The molecule has 2 saturated carbocycles. The maximum absolute atomic E-state index is 13.8. The maximum atomic E-state index is 13.8. The molecule has 0 spiro atoms. The van der Waals surface area contributed by atoms with Crippen molar-refractivity contribution >= 4 is 5.97 Å². The summed E-state index contributed by atoms with van der Waals surface area (Å²) in [5.74, 6) is -2.44. The third-order valence-electron chi connectivity index (χ3n) is 11.6. The van der Waals surface area contributed by atoms with Crippen molar-refractivity contribution in [1.29, 1.82) is 0 Å². The predicted molar refractivity (Wildman–Crippen MR) is 154 cm³/mol. The van der Waals surface area contributed by atoms with Crippen LogP contribution in [0.3, 0.4) is 0 Å². The highest BCUT2D eigenvalue weighted by molar-refractivity contribution is 5.89. The van der Waals surface area contributed by atoms with Gasteiger partial charge in [-0.15, -0.1) is 0 Å². The maximum Gasteiger partial charge on any atom is 0.337 e. The van der Waals surface area contributed by atoms with Crippen LogP contribution in [0.2, 0.25) is 0 Å². The van der Waals surface area contributed by atoms with Gasteiger partial charge in [0.15, 0.2) is 18.9 Å². The van der Waals surface area contributed by atoms with E-state index >= 15 is 0 Å². The summed E-state index contributed by atoms with van der Waals surface area (Å²) < 4.78 is 46.8. The third-order valence-corrected chi connectivity index (χ3v) is 11.6. The van der Waals surface area contributed by atoms with E-state index in [4.69, 9.17) is 37.9 Å². The highest BCUT2D eigenvalue weighted by atomic mass is 16.8. The van der Waals surface area contributed by atoms with Crippen LogP contribution in [-0.4, -0.2) is 170 Å². The van der Waals surface area contributed by atoms with Crippen molar-refractivity contribution < 1.29 is 88.6 Å². The van der Waals surface area contributed by atoms with Gasteiger partial charge in [0.1, 0.15) is 66.6 Å². The first kappa shape index (κ1) is 35.8. The van der Waals surface area contributed by atoms with E-state index < -0.39 is 129 Å². The number of aliphatic hydroxyl groups is 9. The summed E-state index contributed by atoms with van der Waals surface area (Å²) in [6, 6.07) is 0. The van der Waals surface area contributed by atoms with Gasteiger partial charge in [-0.1, -0.05) is 6.92 Å². The number of hydrogen-bond donors (Lipinski definition) is 9. The van der Waals surface area contributed by atoms with Gasteiger partial charge >= 0.3 is 5.97 Å². The summed E-state index contributed by atoms with van der Waals surface area (Å²) in [6.45, 7) is 0.421. The summed E-state index contributed by atoms with van der Waals surface area (Å²) in [5.41, 5.74) is -0.913. The molecule has 0 amide bonds. The first-order valence-corrected chi connectivity index (χ1v) is 16.8. The first-order chi connectivity index (χ1) is 23.4. The third kappa shape index (κ3) is 5.91. The predicted octanol–water partition coefficient (Wildman–Crippen LogP) is -4.44. The lowest BCUT2D eigenvalue weighted by atomic mass is 9.82. The molecular weight excluding hydrogens is 660 g/mol. The summed E-state index contributed by atoms with van der Waals surface area (Å²) in [7, 11) is 0. The van der Waals surface area contributed by atoms with Gasteiger partial charge in [0.25, 0.3) is 0 Å². The number of ether oxygens (including phenoxy) is 8. The second-order valence-electron chi connectivity index (χ2n) is 14.2. The van der Waals surface area contributed by atoms with Crippen molar-refractivity contribution in [3.05, 3.63) is 11.8 Å². The Labute approximate surface area is 280 Å². The number of carbonyl (C=O) groups excluding carboxylic acids is 1. The number of rotatable bonds is 9. The molecule has 7 rings (SSSR count). The zero-order chi connectivity index (χ0) is 34.9. The lowest BCUT2D eigenvalue weighted by molar-refractivity contribution is -0.356. The van der Waals surface area contributed by atoms with Gasteiger partial charge in [-0.05, 0) is 25.2 Å². The van der Waals surface area contributed by atoms with Crippen molar-refractivity contribution in [3.63, 3.8) is 0 Å².